The predicted octanol–water partition coefficient (Wildman–Crippen LogP) is 13.5. The second-order valence-corrected chi connectivity index (χ2v) is 15.1. The Morgan fingerprint density at radius 1 is 0.333 bits per heavy atom. The quantitative estimate of drug-likeness (QED) is 0.0716. The van der Waals surface area contributed by atoms with E-state index in [1.54, 1.807) is 0 Å². The lowest BCUT2D eigenvalue weighted by atomic mass is 9.86. The highest BCUT2D eigenvalue weighted by Gasteiger charge is 2.25. The van der Waals surface area contributed by atoms with Gasteiger partial charge in [0.15, 0.2) is 0 Å². The second kappa shape index (κ2) is 32.3. The number of rotatable bonds is 35. The molecule has 0 saturated carbocycles. The first-order chi connectivity index (χ1) is 20.4. The van der Waals surface area contributed by atoms with Crippen LogP contribution in [-0.2, 0) is 0 Å². The van der Waals surface area contributed by atoms with Crippen molar-refractivity contribution in [1.29, 1.82) is 0 Å². The topological polar surface area (TPSA) is 40.5 Å². The van der Waals surface area contributed by atoms with Crippen molar-refractivity contribution in [2.75, 3.05) is 6.61 Å². The first-order valence-electron chi connectivity index (χ1n) is 19.7. The molecule has 0 heterocycles. The van der Waals surface area contributed by atoms with Gasteiger partial charge < -0.3 is 10.2 Å². The van der Waals surface area contributed by atoms with E-state index in [1.165, 1.54) is 167 Å². The molecule has 0 radical (unpaired) electrons. The molecule has 0 aromatic carbocycles. The van der Waals surface area contributed by atoms with Crippen LogP contribution in [0.2, 0.25) is 0 Å². The van der Waals surface area contributed by atoms with Crippen LogP contribution in [0.25, 0.3) is 0 Å². The van der Waals surface area contributed by atoms with Crippen LogP contribution in [-0.4, -0.2) is 22.4 Å². The highest BCUT2D eigenvalue weighted by molar-refractivity contribution is 4.78. The third-order valence-corrected chi connectivity index (χ3v) is 9.65. The Hall–Kier alpha value is -0.0800. The first kappa shape index (κ1) is 41.9. The van der Waals surface area contributed by atoms with Gasteiger partial charge in [-0.25, -0.2) is 0 Å². The Morgan fingerprint density at radius 3 is 0.786 bits per heavy atom. The summed E-state index contributed by atoms with van der Waals surface area (Å²) in [6.45, 7) is 9.55. The smallest absolute Gasteiger partial charge is 0.0648 e. The van der Waals surface area contributed by atoms with Crippen LogP contribution in [0.1, 0.15) is 233 Å². The third-order valence-electron chi connectivity index (χ3n) is 9.65. The summed E-state index contributed by atoms with van der Waals surface area (Å²) in [7, 11) is 0. The van der Waals surface area contributed by atoms with Crippen molar-refractivity contribution in [2.24, 2.45) is 11.8 Å². The number of aliphatic hydroxyl groups is 2. The lowest BCUT2D eigenvalue weighted by molar-refractivity contribution is 0.00392. The minimum atomic E-state index is -0.535. The summed E-state index contributed by atoms with van der Waals surface area (Å²) in [5.74, 6) is 1.74. The highest BCUT2D eigenvalue weighted by atomic mass is 16.3. The summed E-state index contributed by atoms with van der Waals surface area (Å²) in [4.78, 5) is 0. The number of unbranched alkanes of at least 4 members (excludes halogenated alkanes) is 24. The Kier molecular flexibility index (Phi) is 32.3. The minimum Gasteiger partial charge on any atom is -0.396 e. The zero-order valence-electron chi connectivity index (χ0n) is 29.9. The van der Waals surface area contributed by atoms with Crippen molar-refractivity contribution >= 4 is 0 Å². The number of aliphatic hydroxyl groups excluding tert-OH is 1. The van der Waals surface area contributed by atoms with E-state index in [2.05, 4.69) is 27.7 Å². The maximum absolute atomic E-state index is 11.3. The molecule has 2 nitrogen and oxygen atoms in total. The summed E-state index contributed by atoms with van der Waals surface area (Å²) in [6, 6.07) is 0. The molecular formula is C40H82O2. The normalized spacial score (nSPS) is 12.3. The molecule has 0 amide bonds. The van der Waals surface area contributed by atoms with E-state index < -0.39 is 5.60 Å². The molecule has 0 spiro atoms. The molecule has 0 unspecified atom stereocenters. The van der Waals surface area contributed by atoms with E-state index in [1.807, 2.05) is 0 Å². The summed E-state index contributed by atoms with van der Waals surface area (Å²) in [5, 5.41) is 20.6. The average Bonchev–Trinajstić information content (AvgIpc) is 2.95. The van der Waals surface area contributed by atoms with Crippen molar-refractivity contribution in [3.05, 3.63) is 0 Å². The maximum Gasteiger partial charge on any atom is 0.0648 e. The second-order valence-electron chi connectivity index (χ2n) is 15.1. The monoisotopic (exact) mass is 595 g/mol. The molecule has 2 N–H and O–H groups in total. The molecule has 0 fully saturated rings. The van der Waals surface area contributed by atoms with Crippen LogP contribution in [0.5, 0.6) is 0 Å². The van der Waals surface area contributed by atoms with Crippen molar-refractivity contribution in [3.63, 3.8) is 0 Å². The Balaban J connectivity index is 3.60. The zero-order chi connectivity index (χ0) is 31.0. The molecule has 0 aromatic heterocycles. The molecule has 0 aliphatic carbocycles. The van der Waals surface area contributed by atoms with Crippen LogP contribution in [0.3, 0.4) is 0 Å². The first-order valence-corrected chi connectivity index (χ1v) is 19.7. The standard InChI is InChI=1S/C40H82O2/c1-38(2)32-27-23-19-15-11-7-5-9-13-17-21-25-29-34-40(42,36-31-37-41)35-30-26-22-18-14-10-6-8-12-16-20-24-28-33-39(3)4/h38-39,41-42H,5-37H2,1-4H3. The van der Waals surface area contributed by atoms with Gasteiger partial charge in [-0.3, -0.25) is 0 Å². The number of hydrogen-bond acceptors (Lipinski definition) is 2. The number of hydrogen-bond donors (Lipinski definition) is 2. The van der Waals surface area contributed by atoms with E-state index >= 15 is 0 Å². The van der Waals surface area contributed by atoms with E-state index in [4.69, 9.17) is 0 Å². The Bertz CT molecular complexity index is 462. The van der Waals surface area contributed by atoms with Gasteiger partial charge in [-0.15, -0.1) is 0 Å². The predicted molar refractivity (Wildman–Crippen MR) is 189 cm³/mol. The van der Waals surface area contributed by atoms with E-state index in [9.17, 15) is 10.2 Å². The van der Waals surface area contributed by atoms with Crippen LogP contribution in [0, 0.1) is 11.8 Å². The maximum atomic E-state index is 11.3. The molecule has 0 aromatic rings. The Labute approximate surface area is 267 Å². The van der Waals surface area contributed by atoms with Crippen molar-refractivity contribution in [1.82, 2.24) is 0 Å². The van der Waals surface area contributed by atoms with Crippen LogP contribution < -0.4 is 0 Å². The minimum absolute atomic E-state index is 0.207. The molecular weight excluding hydrogens is 512 g/mol. The molecule has 0 aliphatic heterocycles. The fourth-order valence-corrected chi connectivity index (χ4v) is 6.69. The molecule has 0 rings (SSSR count). The van der Waals surface area contributed by atoms with Gasteiger partial charge in [0, 0.05) is 6.61 Å². The van der Waals surface area contributed by atoms with Crippen LogP contribution >= 0.6 is 0 Å². The Morgan fingerprint density at radius 2 is 0.548 bits per heavy atom. The zero-order valence-corrected chi connectivity index (χ0v) is 29.9. The molecule has 0 atom stereocenters. The lowest BCUT2D eigenvalue weighted by Gasteiger charge is -2.28. The fourth-order valence-electron chi connectivity index (χ4n) is 6.69. The van der Waals surface area contributed by atoms with Gasteiger partial charge in [-0.2, -0.15) is 0 Å². The van der Waals surface area contributed by atoms with Gasteiger partial charge in [0.25, 0.3) is 0 Å². The van der Waals surface area contributed by atoms with Crippen molar-refractivity contribution < 1.29 is 10.2 Å². The highest BCUT2D eigenvalue weighted by Crippen LogP contribution is 2.28. The van der Waals surface area contributed by atoms with Crippen LogP contribution in [0.15, 0.2) is 0 Å². The molecule has 0 aliphatic rings. The summed E-state index contributed by atoms with van der Waals surface area (Å²) in [6.07, 6.45) is 42.1. The third kappa shape index (κ3) is 32.8. The summed E-state index contributed by atoms with van der Waals surface area (Å²) < 4.78 is 0. The van der Waals surface area contributed by atoms with E-state index in [0.29, 0.717) is 0 Å². The van der Waals surface area contributed by atoms with Gasteiger partial charge in [0.05, 0.1) is 5.60 Å². The van der Waals surface area contributed by atoms with Crippen LogP contribution in [0.4, 0.5) is 0 Å². The van der Waals surface area contributed by atoms with Gasteiger partial charge in [0.2, 0.25) is 0 Å². The molecule has 42 heavy (non-hydrogen) atoms. The molecule has 0 bridgehead atoms. The molecule has 254 valence electrons. The molecule has 2 heteroatoms. The van der Waals surface area contributed by atoms with Gasteiger partial charge in [-0.1, -0.05) is 207 Å². The average molecular weight is 595 g/mol. The van der Waals surface area contributed by atoms with E-state index in [-0.39, 0.29) is 6.61 Å². The summed E-state index contributed by atoms with van der Waals surface area (Å²) in [5.41, 5.74) is -0.535. The fraction of sp³-hybridized carbons (Fsp3) is 1.00. The molecule has 0 saturated heterocycles. The summed E-state index contributed by atoms with van der Waals surface area (Å²) >= 11 is 0. The van der Waals surface area contributed by atoms with Gasteiger partial charge in [-0.05, 0) is 37.5 Å². The van der Waals surface area contributed by atoms with Gasteiger partial charge >= 0.3 is 0 Å². The SMILES string of the molecule is CC(C)CCCCCCCCCCCCCCCC(O)(CCCO)CCCCCCCCCCCCCCCC(C)C. The van der Waals surface area contributed by atoms with Gasteiger partial charge in [0.1, 0.15) is 0 Å². The van der Waals surface area contributed by atoms with Crippen molar-refractivity contribution in [3.8, 4) is 0 Å². The lowest BCUT2D eigenvalue weighted by Crippen LogP contribution is -2.29. The van der Waals surface area contributed by atoms with Crippen molar-refractivity contribution in [2.45, 2.75) is 239 Å². The van der Waals surface area contributed by atoms with E-state index in [0.717, 1.165) is 50.4 Å². The largest absolute Gasteiger partial charge is 0.396 e.